The molecule has 0 bridgehead atoms. The number of esters is 1. The van der Waals surface area contributed by atoms with Crippen molar-refractivity contribution in [1.82, 2.24) is 9.88 Å². The maximum atomic E-state index is 11.4. The second kappa shape index (κ2) is 5.19. The summed E-state index contributed by atoms with van der Waals surface area (Å²) in [7, 11) is 3.72. The molecule has 0 saturated carbocycles. The molecule has 1 aromatic rings. The summed E-state index contributed by atoms with van der Waals surface area (Å²) in [5.41, 5.74) is 0.454. The van der Waals surface area contributed by atoms with Gasteiger partial charge in [-0.05, 0) is 13.0 Å². The van der Waals surface area contributed by atoms with Crippen LogP contribution >= 0.6 is 0 Å². The summed E-state index contributed by atoms with van der Waals surface area (Å²) < 4.78 is 4.89. The molecule has 5 heteroatoms. The number of H-pyrrole nitrogens is 1. The van der Waals surface area contributed by atoms with Crippen LogP contribution in [0.1, 0.15) is 17.3 Å². The van der Waals surface area contributed by atoms with E-state index in [1.807, 2.05) is 14.1 Å². The lowest BCUT2D eigenvalue weighted by Crippen LogP contribution is -2.08. The van der Waals surface area contributed by atoms with E-state index in [4.69, 9.17) is 4.74 Å². The Balaban J connectivity index is 2.82. The minimum Gasteiger partial charge on any atom is -0.462 e. The molecule has 0 unspecified atom stereocenters. The van der Waals surface area contributed by atoms with Gasteiger partial charge in [0.25, 0.3) is 0 Å². The number of carbonyl (C=O) groups excluding carboxylic acids is 1. The number of nitrogens with one attached hydrogen (secondary N) is 1. The molecule has 1 aromatic heterocycles. The number of carbonyl (C=O) groups is 1. The van der Waals surface area contributed by atoms with Crippen molar-refractivity contribution in [3.8, 4) is 0 Å². The molecule has 82 valence electrons. The van der Waals surface area contributed by atoms with Crippen LogP contribution in [0.5, 0.6) is 0 Å². The van der Waals surface area contributed by atoms with E-state index in [2.05, 4.69) is 9.98 Å². The van der Waals surface area contributed by atoms with Crippen molar-refractivity contribution in [2.24, 2.45) is 4.99 Å². The lowest BCUT2D eigenvalue weighted by molar-refractivity contribution is 0.0527. The van der Waals surface area contributed by atoms with E-state index in [0.717, 1.165) is 0 Å². The van der Waals surface area contributed by atoms with Crippen molar-refractivity contribution >= 4 is 18.1 Å². The van der Waals surface area contributed by atoms with Crippen molar-refractivity contribution in [1.29, 1.82) is 0 Å². The van der Waals surface area contributed by atoms with Gasteiger partial charge in [0.05, 0.1) is 12.9 Å². The van der Waals surface area contributed by atoms with Crippen LogP contribution in [0.4, 0.5) is 5.82 Å². The zero-order chi connectivity index (χ0) is 11.3. The Morgan fingerprint density at radius 3 is 3.00 bits per heavy atom. The first-order valence-corrected chi connectivity index (χ1v) is 4.70. The van der Waals surface area contributed by atoms with Gasteiger partial charge in [-0.1, -0.05) is 0 Å². The number of aromatic amines is 1. The summed E-state index contributed by atoms with van der Waals surface area (Å²) in [5.74, 6) is 0.159. The number of ether oxygens (including phenoxy) is 1. The zero-order valence-electron chi connectivity index (χ0n) is 9.15. The van der Waals surface area contributed by atoms with Gasteiger partial charge in [0.2, 0.25) is 0 Å². The standard InChI is InChI=1S/C10H15N3O2/c1-4-15-10(14)8-5-6-11-9(8)12-7-13(2)3/h5-7,11H,4H2,1-3H3. The van der Waals surface area contributed by atoms with Crippen LogP contribution in [0.3, 0.4) is 0 Å². The molecule has 5 nitrogen and oxygen atoms in total. The smallest absolute Gasteiger partial charge is 0.341 e. The van der Waals surface area contributed by atoms with Crippen LogP contribution in [0.15, 0.2) is 17.3 Å². The molecular formula is C10H15N3O2. The zero-order valence-corrected chi connectivity index (χ0v) is 9.15. The van der Waals surface area contributed by atoms with Crippen LogP contribution in [0, 0.1) is 0 Å². The van der Waals surface area contributed by atoms with E-state index >= 15 is 0 Å². The fraction of sp³-hybridized carbons (Fsp3) is 0.400. The van der Waals surface area contributed by atoms with Crippen molar-refractivity contribution < 1.29 is 9.53 Å². The third-order valence-electron chi connectivity index (χ3n) is 1.64. The Hall–Kier alpha value is -1.78. The molecule has 1 rings (SSSR count). The third-order valence-corrected chi connectivity index (χ3v) is 1.64. The highest BCUT2D eigenvalue weighted by Gasteiger charge is 2.12. The maximum absolute atomic E-state index is 11.4. The lowest BCUT2D eigenvalue weighted by atomic mass is 10.3. The van der Waals surface area contributed by atoms with Gasteiger partial charge < -0.3 is 14.6 Å². The number of rotatable bonds is 4. The number of nitrogens with zero attached hydrogens (tertiary/aromatic N) is 2. The Morgan fingerprint density at radius 1 is 1.67 bits per heavy atom. The SMILES string of the molecule is CCOC(=O)c1cc[nH]c1N=CN(C)C. The molecule has 0 radical (unpaired) electrons. The predicted molar refractivity (Wildman–Crippen MR) is 58.6 cm³/mol. The summed E-state index contributed by atoms with van der Waals surface area (Å²) in [6.07, 6.45) is 3.28. The van der Waals surface area contributed by atoms with E-state index < -0.39 is 0 Å². The van der Waals surface area contributed by atoms with Gasteiger partial charge in [0.15, 0.2) is 0 Å². The van der Waals surface area contributed by atoms with Crippen LogP contribution in [-0.2, 0) is 4.74 Å². The van der Waals surface area contributed by atoms with Gasteiger partial charge in [-0.15, -0.1) is 0 Å². The molecule has 0 fully saturated rings. The minimum absolute atomic E-state index is 0.357. The Bertz CT molecular complexity index is 355. The fourth-order valence-electron chi connectivity index (χ4n) is 1.01. The lowest BCUT2D eigenvalue weighted by Gasteiger charge is -2.03. The molecule has 0 aliphatic carbocycles. The summed E-state index contributed by atoms with van der Waals surface area (Å²) in [6, 6.07) is 1.65. The minimum atomic E-state index is -0.357. The summed E-state index contributed by atoms with van der Waals surface area (Å²) in [5, 5.41) is 0. The van der Waals surface area contributed by atoms with Gasteiger partial charge in [-0.25, -0.2) is 9.79 Å². The highest BCUT2D eigenvalue weighted by Crippen LogP contribution is 2.16. The maximum Gasteiger partial charge on any atom is 0.341 e. The fourth-order valence-corrected chi connectivity index (χ4v) is 1.01. The third kappa shape index (κ3) is 3.12. The van der Waals surface area contributed by atoms with Gasteiger partial charge in [0, 0.05) is 20.3 Å². The first-order chi connectivity index (χ1) is 7.15. The summed E-state index contributed by atoms with van der Waals surface area (Å²) in [6.45, 7) is 2.13. The molecular weight excluding hydrogens is 194 g/mol. The highest BCUT2D eigenvalue weighted by molar-refractivity contribution is 5.94. The molecule has 1 heterocycles. The topological polar surface area (TPSA) is 57.7 Å². The van der Waals surface area contributed by atoms with Gasteiger partial charge >= 0.3 is 5.97 Å². The molecule has 0 aromatic carbocycles. The largest absolute Gasteiger partial charge is 0.462 e. The number of aromatic nitrogens is 1. The van der Waals surface area contributed by atoms with Crippen LogP contribution < -0.4 is 0 Å². The number of hydrogen-bond acceptors (Lipinski definition) is 3. The van der Waals surface area contributed by atoms with Crippen molar-refractivity contribution in [3.63, 3.8) is 0 Å². The first-order valence-electron chi connectivity index (χ1n) is 4.70. The average molecular weight is 209 g/mol. The average Bonchev–Trinajstić information content (AvgIpc) is 2.62. The number of hydrogen-bond donors (Lipinski definition) is 1. The van der Waals surface area contributed by atoms with Gasteiger partial charge in [-0.2, -0.15) is 0 Å². The van der Waals surface area contributed by atoms with Crippen molar-refractivity contribution in [3.05, 3.63) is 17.8 Å². The first kappa shape index (κ1) is 11.3. The van der Waals surface area contributed by atoms with Crippen molar-refractivity contribution in [2.75, 3.05) is 20.7 Å². The normalized spacial score (nSPS) is 10.6. The van der Waals surface area contributed by atoms with Gasteiger partial charge in [-0.3, -0.25) is 0 Å². The van der Waals surface area contributed by atoms with E-state index in [0.29, 0.717) is 18.0 Å². The molecule has 0 aliphatic rings. The summed E-state index contributed by atoms with van der Waals surface area (Å²) in [4.78, 5) is 20.2. The van der Waals surface area contributed by atoms with E-state index in [1.165, 1.54) is 0 Å². The molecule has 0 saturated heterocycles. The quantitative estimate of drug-likeness (QED) is 0.463. The van der Waals surface area contributed by atoms with E-state index in [9.17, 15) is 4.79 Å². The molecule has 0 amide bonds. The Labute approximate surface area is 88.8 Å². The summed E-state index contributed by atoms with van der Waals surface area (Å²) >= 11 is 0. The van der Waals surface area contributed by atoms with Crippen LogP contribution in [-0.4, -0.2) is 42.9 Å². The number of aliphatic imine (C=N–C) groups is 1. The van der Waals surface area contributed by atoms with E-state index in [-0.39, 0.29) is 5.97 Å². The second-order valence-corrected chi connectivity index (χ2v) is 3.17. The van der Waals surface area contributed by atoms with Crippen molar-refractivity contribution in [2.45, 2.75) is 6.92 Å². The Kier molecular flexibility index (Phi) is 3.91. The Morgan fingerprint density at radius 2 is 2.40 bits per heavy atom. The second-order valence-electron chi connectivity index (χ2n) is 3.17. The van der Waals surface area contributed by atoms with Crippen LogP contribution in [0.25, 0.3) is 0 Å². The van der Waals surface area contributed by atoms with E-state index in [1.54, 1.807) is 30.4 Å². The molecule has 0 atom stereocenters. The molecule has 15 heavy (non-hydrogen) atoms. The van der Waals surface area contributed by atoms with Crippen LogP contribution in [0.2, 0.25) is 0 Å². The molecule has 0 spiro atoms. The highest BCUT2D eigenvalue weighted by atomic mass is 16.5. The van der Waals surface area contributed by atoms with Gasteiger partial charge in [0.1, 0.15) is 11.4 Å². The predicted octanol–water partition coefficient (Wildman–Crippen LogP) is 1.41. The monoisotopic (exact) mass is 209 g/mol. The molecule has 1 N–H and O–H groups in total. The molecule has 0 aliphatic heterocycles.